The van der Waals surface area contributed by atoms with Gasteiger partial charge in [-0.1, -0.05) is 32.0 Å². The van der Waals surface area contributed by atoms with E-state index in [-0.39, 0.29) is 0 Å². The molecule has 0 aliphatic carbocycles. The number of pyridine rings is 1. The van der Waals surface area contributed by atoms with Gasteiger partial charge in [-0.3, -0.25) is 4.98 Å². The largest absolute Gasteiger partial charge is 0.396 e. The van der Waals surface area contributed by atoms with Gasteiger partial charge < -0.3 is 11.1 Å². The summed E-state index contributed by atoms with van der Waals surface area (Å²) in [4.78, 5) is 3.98. The first-order valence-electron chi connectivity index (χ1n) is 5.74. The quantitative estimate of drug-likeness (QED) is 0.843. The molecule has 3 nitrogen and oxygen atoms in total. The zero-order chi connectivity index (χ0) is 12.3. The topological polar surface area (TPSA) is 50.9 Å². The fraction of sp³-hybridized carbons (Fsp3) is 0.214. The number of rotatable bonds is 3. The number of nitrogen functional groups attached to an aromatic ring is 1. The van der Waals surface area contributed by atoms with E-state index in [1.54, 1.807) is 12.4 Å². The maximum Gasteiger partial charge on any atom is 0.0739 e. The van der Waals surface area contributed by atoms with Crippen LogP contribution in [0.25, 0.3) is 0 Å². The molecule has 88 valence electrons. The molecule has 0 aliphatic rings. The molecule has 0 radical (unpaired) electrons. The third kappa shape index (κ3) is 2.56. The third-order valence-electron chi connectivity index (χ3n) is 2.70. The first kappa shape index (κ1) is 11.5. The van der Waals surface area contributed by atoms with Crippen molar-refractivity contribution in [3.05, 3.63) is 48.3 Å². The molecule has 0 atom stereocenters. The van der Waals surface area contributed by atoms with Crippen LogP contribution in [0.4, 0.5) is 17.1 Å². The van der Waals surface area contributed by atoms with E-state index in [9.17, 15) is 0 Å². The minimum absolute atomic E-state index is 0.474. The minimum Gasteiger partial charge on any atom is -0.396 e. The van der Waals surface area contributed by atoms with Crippen molar-refractivity contribution in [2.75, 3.05) is 11.1 Å². The standard InChI is InChI=1S/C14H17N3/c1-10(2)11-5-3-4-6-13(11)17-14-7-8-16-9-12(14)15/h3-10H,15H2,1-2H3,(H,16,17). The van der Waals surface area contributed by atoms with Gasteiger partial charge in [-0.15, -0.1) is 0 Å². The molecular weight excluding hydrogens is 210 g/mol. The molecule has 0 saturated carbocycles. The second-order valence-electron chi connectivity index (χ2n) is 4.33. The summed E-state index contributed by atoms with van der Waals surface area (Å²) >= 11 is 0. The van der Waals surface area contributed by atoms with E-state index in [1.807, 2.05) is 12.1 Å². The number of hydrogen-bond acceptors (Lipinski definition) is 3. The minimum atomic E-state index is 0.474. The Balaban J connectivity index is 2.34. The Morgan fingerprint density at radius 1 is 1.12 bits per heavy atom. The lowest BCUT2D eigenvalue weighted by molar-refractivity contribution is 0.869. The van der Waals surface area contributed by atoms with Crippen LogP contribution in [-0.4, -0.2) is 4.98 Å². The number of nitrogens with one attached hydrogen (secondary N) is 1. The van der Waals surface area contributed by atoms with Crippen molar-refractivity contribution in [2.24, 2.45) is 0 Å². The summed E-state index contributed by atoms with van der Waals surface area (Å²) in [5.74, 6) is 0.474. The molecule has 1 aromatic carbocycles. The number of hydrogen-bond donors (Lipinski definition) is 2. The van der Waals surface area contributed by atoms with Crippen molar-refractivity contribution in [2.45, 2.75) is 19.8 Å². The summed E-state index contributed by atoms with van der Waals surface area (Å²) in [5.41, 5.74) is 9.80. The predicted molar refractivity (Wildman–Crippen MR) is 72.5 cm³/mol. The number of para-hydroxylation sites is 1. The highest BCUT2D eigenvalue weighted by molar-refractivity contribution is 5.73. The number of nitrogens with two attached hydrogens (primary N) is 1. The fourth-order valence-electron chi connectivity index (χ4n) is 1.78. The van der Waals surface area contributed by atoms with Crippen molar-refractivity contribution in [1.82, 2.24) is 4.98 Å². The van der Waals surface area contributed by atoms with Crippen LogP contribution in [0, 0.1) is 0 Å². The zero-order valence-electron chi connectivity index (χ0n) is 10.1. The molecule has 3 N–H and O–H groups in total. The smallest absolute Gasteiger partial charge is 0.0739 e. The summed E-state index contributed by atoms with van der Waals surface area (Å²) in [6.07, 6.45) is 3.39. The van der Waals surface area contributed by atoms with Gasteiger partial charge >= 0.3 is 0 Å². The molecule has 2 aromatic rings. The van der Waals surface area contributed by atoms with E-state index in [0.29, 0.717) is 11.6 Å². The average Bonchev–Trinajstić information content (AvgIpc) is 2.32. The molecule has 0 unspecified atom stereocenters. The average molecular weight is 227 g/mol. The Morgan fingerprint density at radius 2 is 1.88 bits per heavy atom. The highest BCUT2D eigenvalue weighted by Crippen LogP contribution is 2.28. The Kier molecular flexibility index (Phi) is 3.28. The monoisotopic (exact) mass is 227 g/mol. The van der Waals surface area contributed by atoms with Crippen LogP contribution >= 0.6 is 0 Å². The number of aromatic nitrogens is 1. The van der Waals surface area contributed by atoms with Gasteiger partial charge in [0.25, 0.3) is 0 Å². The van der Waals surface area contributed by atoms with E-state index in [0.717, 1.165) is 11.4 Å². The van der Waals surface area contributed by atoms with Gasteiger partial charge in [0.2, 0.25) is 0 Å². The highest BCUT2D eigenvalue weighted by Gasteiger charge is 2.06. The molecule has 2 rings (SSSR count). The SMILES string of the molecule is CC(C)c1ccccc1Nc1ccncc1N. The summed E-state index contributed by atoms with van der Waals surface area (Å²) in [7, 11) is 0. The van der Waals surface area contributed by atoms with Crippen LogP contribution < -0.4 is 11.1 Å². The van der Waals surface area contributed by atoms with Crippen molar-refractivity contribution in [3.8, 4) is 0 Å². The van der Waals surface area contributed by atoms with Crippen molar-refractivity contribution < 1.29 is 0 Å². The van der Waals surface area contributed by atoms with Gasteiger partial charge in [0, 0.05) is 11.9 Å². The molecule has 0 aliphatic heterocycles. The molecule has 17 heavy (non-hydrogen) atoms. The van der Waals surface area contributed by atoms with E-state index < -0.39 is 0 Å². The number of nitrogens with zero attached hydrogens (tertiary/aromatic N) is 1. The molecule has 0 spiro atoms. The van der Waals surface area contributed by atoms with E-state index >= 15 is 0 Å². The maximum absolute atomic E-state index is 5.87. The Morgan fingerprint density at radius 3 is 2.59 bits per heavy atom. The number of anilines is 3. The lowest BCUT2D eigenvalue weighted by Crippen LogP contribution is -2.00. The maximum atomic E-state index is 5.87. The Labute approximate surface area is 102 Å². The molecule has 0 amide bonds. The van der Waals surface area contributed by atoms with Crippen molar-refractivity contribution >= 4 is 17.1 Å². The summed E-state index contributed by atoms with van der Waals surface area (Å²) < 4.78 is 0. The van der Waals surface area contributed by atoms with E-state index in [2.05, 4.69) is 42.3 Å². The normalized spacial score (nSPS) is 10.5. The summed E-state index contributed by atoms with van der Waals surface area (Å²) in [6.45, 7) is 4.35. The lowest BCUT2D eigenvalue weighted by Gasteiger charge is -2.15. The molecule has 1 heterocycles. The van der Waals surface area contributed by atoms with Crippen molar-refractivity contribution in [1.29, 1.82) is 0 Å². The van der Waals surface area contributed by atoms with Crippen LogP contribution in [0.15, 0.2) is 42.7 Å². The Bertz CT molecular complexity index is 506. The van der Waals surface area contributed by atoms with E-state index in [4.69, 9.17) is 5.73 Å². The second kappa shape index (κ2) is 4.87. The van der Waals surface area contributed by atoms with Crippen LogP contribution in [0.1, 0.15) is 25.3 Å². The first-order chi connectivity index (χ1) is 8.18. The fourth-order valence-corrected chi connectivity index (χ4v) is 1.78. The molecule has 1 aromatic heterocycles. The molecular formula is C14H17N3. The zero-order valence-corrected chi connectivity index (χ0v) is 10.1. The van der Waals surface area contributed by atoms with Crippen LogP contribution in [-0.2, 0) is 0 Å². The van der Waals surface area contributed by atoms with Crippen LogP contribution in [0.2, 0.25) is 0 Å². The highest BCUT2D eigenvalue weighted by atomic mass is 14.9. The first-order valence-corrected chi connectivity index (χ1v) is 5.74. The molecule has 0 fully saturated rings. The molecule has 0 saturated heterocycles. The van der Waals surface area contributed by atoms with Crippen LogP contribution in [0.5, 0.6) is 0 Å². The molecule has 3 heteroatoms. The predicted octanol–water partition coefficient (Wildman–Crippen LogP) is 3.53. The van der Waals surface area contributed by atoms with Gasteiger partial charge in [-0.25, -0.2) is 0 Å². The molecule has 0 bridgehead atoms. The van der Waals surface area contributed by atoms with Gasteiger partial charge in [0.05, 0.1) is 17.6 Å². The third-order valence-corrected chi connectivity index (χ3v) is 2.70. The van der Waals surface area contributed by atoms with E-state index in [1.165, 1.54) is 5.56 Å². The van der Waals surface area contributed by atoms with Crippen LogP contribution in [0.3, 0.4) is 0 Å². The van der Waals surface area contributed by atoms with Crippen molar-refractivity contribution in [3.63, 3.8) is 0 Å². The summed E-state index contributed by atoms with van der Waals surface area (Å²) in [5, 5.41) is 3.36. The number of benzene rings is 1. The summed E-state index contributed by atoms with van der Waals surface area (Å²) in [6, 6.07) is 10.1. The second-order valence-corrected chi connectivity index (χ2v) is 4.33. The van der Waals surface area contributed by atoms with Gasteiger partial charge in [-0.2, -0.15) is 0 Å². The van der Waals surface area contributed by atoms with Gasteiger partial charge in [-0.05, 0) is 23.6 Å². The van der Waals surface area contributed by atoms with Gasteiger partial charge in [0.15, 0.2) is 0 Å². The van der Waals surface area contributed by atoms with Gasteiger partial charge in [0.1, 0.15) is 0 Å². The lowest BCUT2D eigenvalue weighted by atomic mass is 10.0. The Hall–Kier alpha value is -2.03.